The van der Waals surface area contributed by atoms with Crippen LogP contribution in [-0.4, -0.2) is 30.4 Å². The minimum absolute atomic E-state index is 0.115. The summed E-state index contributed by atoms with van der Waals surface area (Å²) in [5.74, 6) is 0.330. The van der Waals surface area contributed by atoms with Crippen molar-refractivity contribution in [2.24, 2.45) is 0 Å². The number of carbonyl (C=O) groups is 2. The second-order valence-electron chi connectivity index (χ2n) is 6.91. The van der Waals surface area contributed by atoms with E-state index in [4.69, 9.17) is 9.47 Å². The number of fused-ring (bicyclic) bond motifs is 2. The fourth-order valence-electron chi connectivity index (χ4n) is 3.50. The summed E-state index contributed by atoms with van der Waals surface area (Å²) in [6, 6.07) is 19.1. The van der Waals surface area contributed by atoms with Crippen LogP contribution < -0.4 is 4.74 Å². The van der Waals surface area contributed by atoms with Gasteiger partial charge in [-0.1, -0.05) is 43.0 Å². The molecule has 3 aromatic rings. The summed E-state index contributed by atoms with van der Waals surface area (Å²) in [6.45, 7) is 4.43. The fourth-order valence-corrected chi connectivity index (χ4v) is 3.50. The van der Waals surface area contributed by atoms with E-state index in [0.717, 1.165) is 27.6 Å². The quantitative estimate of drug-likeness (QED) is 0.588. The van der Waals surface area contributed by atoms with Crippen molar-refractivity contribution < 1.29 is 19.1 Å². The Morgan fingerprint density at radius 2 is 1.72 bits per heavy atom. The molecule has 0 fully saturated rings. The number of methoxy groups -OCH3 is 1. The fraction of sp³-hybridized carbons (Fsp3) is 0.167. The van der Waals surface area contributed by atoms with Crippen LogP contribution in [0.5, 0.6) is 5.75 Å². The van der Waals surface area contributed by atoms with Crippen molar-refractivity contribution in [3.8, 4) is 5.75 Å². The average Bonchev–Trinajstić information content (AvgIpc) is 3.00. The molecule has 0 spiro atoms. The molecule has 1 heterocycles. The molecule has 0 radical (unpaired) electrons. The molecule has 0 N–H and O–H groups in total. The zero-order chi connectivity index (χ0) is 20.4. The van der Waals surface area contributed by atoms with Gasteiger partial charge in [0, 0.05) is 23.4 Å². The third kappa shape index (κ3) is 3.72. The summed E-state index contributed by atoms with van der Waals surface area (Å²) in [5.41, 5.74) is 2.98. The summed E-state index contributed by atoms with van der Waals surface area (Å²) in [7, 11) is 1.64. The predicted molar refractivity (Wildman–Crippen MR) is 111 cm³/mol. The third-order valence-corrected chi connectivity index (χ3v) is 5.09. The Morgan fingerprint density at radius 3 is 2.48 bits per heavy atom. The van der Waals surface area contributed by atoms with Gasteiger partial charge in [-0.25, -0.2) is 0 Å². The topological polar surface area (TPSA) is 55.8 Å². The molecule has 0 unspecified atom stereocenters. The zero-order valence-corrected chi connectivity index (χ0v) is 16.2. The molecule has 1 amide bonds. The lowest BCUT2D eigenvalue weighted by Gasteiger charge is -2.16. The van der Waals surface area contributed by atoms with Crippen LogP contribution in [0.25, 0.3) is 16.5 Å². The molecule has 1 aliphatic rings. The van der Waals surface area contributed by atoms with Gasteiger partial charge in [0.2, 0.25) is 0 Å². The number of carbonyl (C=O) groups excluding carboxylic acids is 2. The van der Waals surface area contributed by atoms with Crippen LogP contribution >= 0.6 is 0 Å². The number of ether oxygens (including phenoxy) is 2. The summed E-state index contributed by atoms with van der Waals surface area (Å²) in [6.07, 6.45) is 0.115. The standard InChI is InChI=1S/C24H21NO4/c1-16-21-5-3-4-6-22(21)24(27)25(16)12-11-23(26)29-15-17-7-8-19-14-20(28-2)10-9-18(19)13-17/h3-10,13-14H,1,11-12,15H2,2H3. The van der Waals surface area contributed by atoms with Gasteiger partial charge in [0.25, 0.3) is 5.91 Å². The third-order valence-electron chi connectivity index (χ3n) is 5.09. The van der Waals surface area contributed by atoms with Crippen LogP contribution in [0.4, 0.5) is 0 Å². The molecule has 4 rings (SSSR count). The van der Waals surface area contributed by atoms with Gasteiger partial charge in [0.15, 0.2) is 0 Å². The molecule has 146 valence electrons. The first-order chi connectivity index (χ1) is 14.1. The van der Waals surface area contributed by atoms with Crippen LogP contribution in [-0.2, 0) is 16.1 Å². The zero-order valence-electron chi connectivity index (χ0n) is 16.2. The lowest BCUT2D eigenvalue weighted by molar-refractivity contribution is -0.145. The smallest absolute Gasteiger partial charge is 0.307 e. The number of benzene rings is 3. The number of hydrogen-bond donors (Lipinski definition) is 0. The molecule has 0 saturated carbocycles. The van der Waals surface area contributed by atoms with Gasteiger partial charge in [-0.15, -0.1) is 0 Å². The molecule has 0 atom stereocenters. The lowest BCUT2D eigenvalue weighted by atomic mass is 10.1. The Bertz CT molecular complexity index is 1080. The Morgan fingerprint density at radius 1 is 1.00 bits per heavy atom. The first kappa shape index (κ1) is 18.7. The molecule has 0 aromatic heterocycles. The second-order valence-corrected chi connectivity index (χ2v) is 6.91. The van der Waals surface area contributed by atoms with E-state index in [-0.39, 0.29) is 31.4 Å². The van der Waals surface area contributed by atoms with Crippen LogP contribution in [0.3, 0.4) is 0 Å². The number of amides is 1. The van der Waals surface area contributed by atoms with Crippen molar-refractivity contribution in [1.82, 2.24) is 4.90 Å². The maximum absolute atomic E-state index is 12.5. The Balaban J connectivity index is 1.33. The van der Waals surface area contributed by atoms with E-state index in [1.165, 1.54) is 4.90 Å². The highest BCUT2D eigenvalue weighted by Gasteiger charge is 2.30. The summed E-state index contributed by atoms with van der Waals surface area (Å²) >= 11 is 0. The largest absolute Gasteiger partial charge is 0.497 e. The van der Waals surface area contributed by atoms with Crippen molar-refractivity contribution in [3.63, 3.8) is 0 Å². The van der Waals surface area contributed by atoms with Crippen LogP contribution in [0, 0.1) is 0 Å². The highest BCUT2D eigenvalue weighted by Crippen LogP contribution is 2.31. The molecule has 3 aromatic carbocycles. The lowest BCUT2D eigenvalue weighted by Crippen LogP contribution is -2.26. The summed E-state index contributed by atoms with van der Waals surface area (Å²) < 4.78 is 10.6. The van der Waals surface area contributed by atoms with E-state index in [1.54, 1.807) is 13.2 Å². The highest BCUT2D eigenvalue weighted by molar-refractivity contribution is 6.08. The molecule has 0 saturated heterocycles. The van der Waals surface area contributed by atoms with Gasteiger partial charge >= 0.3 is 5.97 Å². The number of rotatable bonds is 6. The molecule has 0 aliphatic carbocycles. The Labute approximate surface area is 169 Å². The second kappa shape index (κ2) is 7.80. The van der Waals surface area contributed by atoms with E-state index in [0.29, 0.717) is 11.3 Å². The Hall–Kier alpha value is -3.60. The van der Waals surface area contributed by atoms with E-state index in [2.05, 4.69) is 6.58 Å². The van der Waals surface area contributed by atoms with E-state index >= 15 is 0 Å². The summed E-state index contributed by atoms with van der Waals surface area (Å²) in [4.78, 5) is 26.2. The van der Waals surface area contributed by atoms with Crippen LogP contribution in [0.15, 0.2) is 67.2 Å². The van der Waals surface area contributed by atoms with E-state index < -0.39 is 0 Å². The molecular weight excluding hydrogens is 366 g/mol. The molecule has 5 nitrogen and oxygen atoms in total. The molecule has 5 heteroatoms. The summed E-state index contributed by atoms with van der Waals surface area (Å²) in [5, 5.41) is 2.11. The molecular formula is C24H21NO4. The van der Waals surface area contributed by atoms with Crippen molar-refractivity contribution in [2.75, 3.05) is 13.7 Å². The van der Waals surface area contributed by atoms with Crippen LogP contribution in [0.1, 0.15) is 27.9 Å². The maximum atomic E-state index is 12.5. The molecule has 29 heavy (non-hydrogen) atoms. The highest BCUT2D eigenvalue weighted by atomic mass is 16.5. The van der Waals surface area contributed by atoms with Gasteiger partial charge < -0.3 is 14.4 Å². The normalized spacial score (nSPS) is 12.9. The van der Waals surface area contributed by atoms with Gasteiger partial charge in [-0.05, 0) is 40.6 Å². The Kier molecular flexibility index (Phi) is 5.04. The minimum atomic E-state index is -0.351. The van der Waals surface area contributed by atoms with Crippen molar-refractivity contribution in [3.05, 3.63) is 83.9 Å². The van der Waals surface area contributed by atoms with Gasteiger partial charge in [-0.2, -0.15) is 0 Å². The number of hydrogen-bond acceptors (Lipinski definition) is 4. The van der Waals surface area contributed by atoms with Gasteiger partial charge in [0.05, 0.1) is 13.5 Å². The van der Waals surface area contributed by atoms with Crippen molar-refractivity contribution in [1.29, 1.82) is 0 Å². The van der Waals surface area contributed by atoms with E-state index in [9.17, 15) is 9.59 Å². The minimum Gasteiger partial charge on any atom is -0.497 e. The number of nitrogens with zero attached hydrogens (tertiary/aromatic N) is 1. The molecule has 1 aliphatic heterocycles. The van der Waals surface area contributed by atoms with Crippen molar-refractivity contribution >= 4 is 28.3 Å². The molecule has 0 bridgehead atoms. The van der Waals surface area contributed by atoms with Crippen molar-refractivity contribution in [2.45, 2.75) is 13.0 Å². The first-order valence-corrected chi connectivity index (χ1v) is 9.39. The average molecular weight is 387 g/mol. The van der Waals surface area contributed by atoms with Crippen LogP contribution in [0.2, 0.25) is 0 Å². The van der Waals surface area contributed by atoms with Gasteiger partial charge in [-0.3, -0.25) is 9.59 Å². The maximum Gasteiger partial charge on any atom is 0.307 e. The number of esters is 1. The first-order valence-electron chi connectivity index (χ1n) is 9.39. The SMILES string of the molecule is C=C1c2ccccc2C(=O)N1CCC(=O)OCc1ccc2cc(OC)ccc2c1. The van der Waals surface area contributed by atoms with E-state index in [1.807, 2.05) is 54.6 Å². The monoisotopic (exact) mass is 387 g/mol. The predicted octanol–water partition coefficient (Wildman–Crippen LogP) is 4.41. The van der Waals surface area contributed by atoms with Gasteiger partial charge in [0.1, 0.15) is 12.4 Å².